The van der Waals surface area contributed by atoms with Crippen molar-refractivity contribution in [1.82, 2.24) is 9.97 Å². The molecule has 0 atom stereocenters. The van der Waals surface area contributed by atoms with Crippen LogP contribution in [0.3, 0.4) is 0 Å². The zero-order valence-electron chi connectivity index (χ0n) is 18.5. The fraction of sp³-hybridized carbons (Fsp3) is 0.360. The predicted molar refractivity (Wildman–Crippen MR) is 127 cm³/mol. The zero-order valence-corrected chi connectivity index (χ0v) is 20.1. The first-order chi connectivity index (χ1) is 13.7. The van der Waals surface area contributed by atoms with E-state index < -0.39 is 0 Å². The van der Waals surface area contributed by atoms with Crippen molar-refractivity contribution in [3.05, 3.63) is 68.8 Å². The molecule has 2 aromatic carbocycles. The van der Waals surface area contributed by atoms with Crippen LogP contribution in [0.25, 0.3) is 11.3 Å². The fourth-order valence-electron chi connectivity index (χ4n) is 3.91. The Balaban J connectivity index is 2.12. The van der Waals surface area contributed by atoms with Crippen molar-refractivity contribution in [2.75, 3.05) is 11.4 Å². The molecule has 0 saturated carbocycles. The quantitative estimate of drug-likeness (QED) is 0.403. The van der Waals surface area contributed by atoms with Crippen LogP contribution in [0.5, 0.6) is 0 Å². The SMILES string of the molecule is CCN(c1nc(C)cc(-c2c(C)cc(C)cc2C)n1)c1ccc(C(C)C)cc1Br. The van der Waals surface area contributed by atoms with Gasteiger partial charge in [0.1, 0.15) is 0 Å². The van der Waals surface area contributed by atoms with Gasteiger partial charge in [0.2, 0.25) is 5.95 Å². The summed E-state index contributed by atoms with van der Waals surface area (Å²) < 4.78 is 1.07. The summed E-state index contributed by atoms with van der Waals surface area (Å²) in [6, 6.07) is 13.1. The van der Waals surface area contributed by atoms with Crippen LogP contribution in [0.1, 0.15) is 54.6 Å². The topological polar surface area (TPSA) is 29.0 Å². The summed E-state index contributed by atoms with van der Waals surface area (Å²) in [5, 5.41) is 0. The van der Waals surface area contributed by atoms with E-state index in [0.29, 0.717) is 5.92 Å². The molecule has 0 aliphatic rings. The van der Waals surface area contributed by atoms with Crippen molar-refractivity contribution < 1.29 is 0 Å². The number of hydrogen-bond donors (Lipinski definition) is 0. The Morgan fingerprint density at radius 3 is 2.14 bits per heavy atom. The molecule has 3 aromatic rings. The van der Waals surface area contributed by atoms with Crippen molar-refractivity contribution in [2.45, 2.75) is 54.4 Å². The van der Waals surface area contributed by atoms with Gasteiger partial charge in [-0.2, -0.15) is 0 Å². The van der Waals surface area contributed by atoms with E-state index in [9.17, 15) is 0 Å². The Kier molecular flexibility index (Phi) is 6.42. The number of halogens is 1. The Hall–Kier alpha value is -2.20. The van der Waals surface area contributed by atoms with Crippen LogP contribution in [-0.4, -0.2) is 16.5 Å². The minimum atomic E-state index is 0.490. The van der Waals surface area contributed by atoms with Crippen molar-refractivity contribution in [3.63, 3.8) is 0 Å². The number of nitrogens with zero attached hydrogens (tertiary/aromatic N) is 3. The molecule has 1 aromatic heterocycles. The molecular formula is C25H30BrN3. The van der Waals surface area contributed by atoms with Crippen LogP contribution in [0.2, 0.25) is 0 Å². The summed E-state index contributed by atoms with van der Waals surface area (Å²) in [4.78, 5) is 11.9. The lowest BCUT2D eigenvalue weighted by molar-refractivity contribution is 0.863. The van der Waals surface area contributed by atoms with Gasteiger partial charge in [-0.1, -0.05) is 37.6 Å². The van der Waals surface area contributed by atoms with Gasteiger partial charge >= 0.3 is 0 Å². The average Bonchev–Trinajstić information content (AvgIpc) is 2.62. The molecule has 0 radical (unpaired) electrons. The standard InChI is InChI=1S/C25H30BrN3/c1-8-29(23-10-9-20(15(2)3)14-21(23)26)25-27-19(7)13-22(28-25)24-17(5)11-16(4)12-18(24)6/h9-15H,8H2,1-7H3. The summed E-state index contributed by atoms with van der Waals surface area (Å²) in [6.07, 6.45) is 0. The third-order valence-corrected chi connectivity index (χ3v) is 5.90. The molecule has 0 N–H and O–H groups in total. The Bertz CT molecular complexity index is 1020. The van der Waals surface area contributed by atoms with Gasteiger partial charge in [-0.25, -0.2) is 9.97 Å². The minimum absolute atomic E-state index is 0.490. The summed E-state index contributed by atoms with van der Waals surface area (Å²) in [5.41, 5.74) is 9.33. The van der Waals surface area contributed by atoms with Crippen molar-refractivity contribution in [1.29, 1.82) is 0 Å². The molecule has 0 spiro atoms. The molecule has 3 rings (SSSR count). The summed E-state index contributed by atoms with van der Waals surface area (Å²) in [6.45, 7) is 15.8. The highest BCUT2D eigenvalue weighted by atomic mass is 79.9. The predicted octanol–water partition coefficient (Wildman–Crippen LogP) is 7.42. The number of aromatic nitrogens is 2. The van der Waals surface area contributed by atoms with Gasteiger partial charge in [-0.3, -0.25) is 0 Å². The van der Waals surface area contributed by atoms with Crippen molar-refractivity contribution in [3.8, 4) is 11.3 Å². The molecule has 4 heteroatoms. The molecule has 0 saturated heterocycles. The van der Waals surface area contributed by atoms with E-state index in [2.05, 4.69) is 98.8 Å². The van der Waals surface area contributed by atoms with Crippen LogP contribution >= 0.6 is 15.9 Å². The zero-order chi connectivity index (χ0) is 21.3. The third-order valence-electron chi connectivity index (χ3n) is 5.26. The lowest BCUT2D eigenvalue weighted by Gasteiger charge is -2.24. The largest absolute Gasteiger partial charge is 0.310 e. The highest BCUT2D eigenvalue weighted by molar-refractivity contribution is 9.10. The van der Waals surface area contributed by atoms with Crippen LogP contribution in [0.4, 0.5) is 11.6 Å². The molecule has 29 heavy (non-hydrogen) atoms. The van der Waals surface area contributed by atoms with E-state index in [0.717, 1.165) is 34.0 Å². The van der Waals surface area contributed by atoms with Crippen LogP contribution in [0.15, 0.2) is 40.9 Å². The molecule has 0 aliphatic carbocycles. The monoisotopic (exact) mass is 451 g/mol. The van der Waals surface area contributed by atoms with Gasteiger partial charge in [-0.05, 0) is 91.4 Å². The van der Waals surface area contributed by atoms with E-state index >= 15 is 0 Å². The number of rotatable bonds is 5. The lowest BCUT2D eigenvalue weighted by atomic mass is 9.97. The van der Waals surface area contributed by atoms with Gasteiger partial charge in [0.25, 0.3) is 0 Å². The highest BCUT2D eigenvalue weighted by Crippen LogP contribution is 2.35. The first-order valence-electron chi connectivity index (χ1n) is 10.2. The normalized spacial score (nSPS) is 11.2. The molecule has 152 valence electrons. The van der Waals surface area contributed by atoms with Crippen molar-refractivity contribution in [2.24, 2.45) is 0 Å². The molecular weight excluding hydrogens is 422 g/mol. The number of hydrogen-bond acceptors (Lipinski definition) is 3. The highest BCUT2D eigenvalue weighted by Gasteiger charge is 2.17. The van der Waals surface area contributed by atoms with E-state index in [-0.39, 0.29) is 0 Å². The van der Waals surface area contributed by atoms with E-state index in [4.69, 9.17) is 9.97 Å². The maximum atomic E-state index is 5.00. The summed E-state index contributed by atoms with van der Waals surface area (Å²) >= 11 is 3.77. The van der Waals surface area contributed by atoms with Crippen molar-refractivity contribution >= 4 is 27.6 Å². The maximum Gasteiger partial charge on any atom is 0.230 e. The van der Waals surface area contributed by atoms with Gasteiger partial charge in [0, 0.05) is 22.3 Å². The second-order valence-electron chi connectivity index (χ2n) is 8.08. The Morgan fingerprint density at radius 1 is 0.931 bits per heavy atom. The van der Waals surface area contributed by atoms with E-state index in [1.54, 1.807) is 0 Å². The van der Waals surface area contributed by atoms with E-state index in [1.165, 1.54) is 27.8 Å². The van der Waals surface area contributed by atoms with Crippen LogP contribution < -0.4 is 4.90 Å². The van der Waals surface area contributed by atoms with Crippen LogP contribution in [0, 0.1) is 27.7 Å². The molecule has 3 nitrogen and oxygen atoms in total. The lowest BCUT2D eigenvalue weighted by Crippen LogP contribution is -2.20. The first-order valence-corrected chi connectivity index (χ1v) is 11.0. The third kappa shape index (κ3) is 4.53. The van der Waals surface area contributed by atoms with Crippen LogP contribution in [-0.2, 0) is 0 Å². The number of aryl methyl sites for hydroxylation is 4. The maximum absolute atomic E-state index is 5.00. The Morgan fingerprint density at radius 2 is 1.59 bits per heavy atom. The average molecular weight is 452 g/mol. The fourth-order valence-corrected chi connectivity index (χ4v) is 4.52. The Labute approximate surface area is 183 Å². The second kappa shape index (κ2) is 8.66. The van der Waals surface area contributed by atoms with E-state index in [1.807, 2.05) is 6.92 Å². The molecule has 0 fully saturated rings. The molecule has 0 bridgehead atoms. The number of anilines is 2. The molecule has 0 aliphatic heterocycles. The first kappa shape index (κ1) is 21.5. The minimum Gasteiger partial charge on any atom is -0.310 e. The van der Waals surface area contributed by atoms with Gasteiger partial charge in [0.05, 0.1) is 11.4 Å². The van der Waals surface area contributed by atoms with Gasteiger partial charge in [0.15, 0.2) is 0 Å². The van der Waals surface area contributed by atoms with Gasteiger partial charge < -0.3 is 4.90 Å². The van der Waals surface area contributed by atoms with Gasteiger partial charge in [-0.15, -0.1) is 0 Å². The molecule has 0 amide bonds. The summed E-state index contributed by atoms with van der Waals surface area (Å²) in [5.74, 6) is 1.23. The number of benzene rings is 2. The molecule has 1 heterocycles. The smallest absolute Gasteiger partial charge is 0.230 e. The summed E-state index contributed by atoms with van der Waals surface area (Å²) in [7, 11) is 0. The second-order valence-corrected chi connectivity index (χ2v) is 8.93. The molecule has 0 unspecified atom stereocenters.